The molecule has 1 N–H and O–H groups in total. The number of aliphatic hydroxyl groups is 1. The van der Waals surface area contributed by atoms with Gasteiger partial charge in [0.25, 0.3) is 0 Å². The summed E-state index contributed by atoms with van der Waals surface area (Å²) in [6.45, 7) is 3.13. The largest absolute Gasteiger partial charge is 0.512 e. The monoisotopic (exact) mass is 359 g/mol. The molecule has 0 aliphatic carbocycles. The summed E-state index contributed by atoms with van der Waals surface area (Å²) >= 11 is 12.1. The molecule has 0 atom stereocenters. The van der Waals surface area contributed by atoms with Gasteiger partial charge < -0.3 is 14.6 Å². The normalized spacial score (nSPS) is 12.0. The van der Waals surface area contributed by atoms with Crippen LogP contribution in [-0.4, -0.2) is 37.0 Å². The average molecular weight is 360 g/mol. The Labute approximate surface area is 143 Å². The Balaban J connectivity index is 3.28. The minimum absolute atomic E-state index is 0.0193. The van der Waals surface area contributed by atoms with Gasteiger partial charge in [-0.1, -0.05) is 23.2 Å². The minimum atomic E-state index is -0.760. The predicted octanol–water partition coefficient (Wildman–Crippen LogP) is 3.88. The Morgan fingerprint density at radius 1 is 1.35 bits per heavy atom. The van der Waals surface area contributed by atoms with Crippen molar-refractivity contribution in [2.24, 2.45) is 4.99 Å². The molecule has 0 aliphatic rings. The molecular weight excluding hydrogens is 345 g/mol. The Morgan fingerprint density at radius 3 is 2.52 bits per heavy atom. The fourth-order valence-electron chi connectivity index (χ4n) is 1.57. The number of carbonyl (C=O) groups is 2. The predicted molar refractivity (Wildman–Crippen MR) is 87.9 cm³/mol. The molecule has 0 bridgehead atoms. The van der Waals surface area contributed by atoms with Crippen LogP contribution in [0.2, 0.25) is 10.0 Å². The number of benzene rings is 1. The third kappa shape index (κ3) is 4.71. The standard InChI is InChI=1S/C15H15Cl2NO5/c1-4-23-15(21)12-10(16)5-6-11(13(12)17)18-7-9(8(2)19)14(20)22-3/h5-7,19H,4H2,1-3H3. The summed E-state index contributed by atoms with van der Waals surface area (Å²) in [7, 11) is 1.17. The first-order valence-corrected chi connectivity index (χ1v) is 7.26. The number of hydrogen-bond acceptors (Lipinski definition) is 6. The van der Waals surface area contributed by atoms with Crippen LogP contribution in [0.3, 0.4) is 0 Å². The summed E-state index contributed by atoms with van der Waals surface area (Å²) in [4.78, 5) is 27.4. The molecule has 1 aromatic rings. The lowest BCUT2D eigenvalue weighted by atomic mass is 10.2. The van der Waals surface area contributed by atoms with Crippen LogP contribution < -0.4 is 0 Å². The van der Waals surface area contributed by atoms with E-state index in [1.165, 1.54) is 26.2 Å². The summed E-state index contributed by atoms with van der Waals surface area (Å²) in [5, 5.41) is 9.58. The second-order valence-corrected chi connectivity index (χ2v) is 5.01. The summed E-state index contributed by atoms with van der Waals surface area (Å²) in [5.74, 6) is -1.71. The first-order valence-electron chi connectivity index (χ1n) is 6.50. The maximum atomic E-state index is 11.9. The van der Waals surface area contributed by atoms with Crippen molar-refractivity contribution in [3.8, 4) is 0 Å². The van der Waals surface area contributed by atoms with Crippen molar-refractivity contribution >= 4 is 47.0 Å². The molecule has 8 heteroatoms. The van der Waals surface area contributed by atoms with E-state index in [4.69, 9.17) is 27.9 Å². The highest BCUT2D eigenvalue weighted by Gasteiger charge is 2.19. The van der Waals surface area contributed by atoms with Crippen molar-refractivity contribution < 1.29 is 24.2 Å². The van der Waals surface area contributed by atoms with Gasteiger partial charge in [-0.2, -0.15) is 0 Å². The van der Waals surface area contributed by atoms with Gasteiger partial charge >= 0.3 is 11.9 Å². The second-order valence-electron chi connectivity index (χ2n) is 4.22. The minimum Gasteiger partial charge on any atom is -0.512 e. The van der Waals surface area contributed by atoms with Crippen LogP contribution in [0.4, 0.5) is 5.69 Å². The third-order valence-electron chi connectivity index (χ3n) is 2.68. The molecule has 0 aromatic heterocycles. The third-order valence-corrected chi connectivity index (χ3v) is 3.38. The summed E-state index contributed by atoms with van der Waals surface area (Å²) in [6.07, 6.45) is 1.09. The van der Waals surface area contributed by atoms with Crippen molar-refractivity contribution in [1.82, 2.24) is 0 Å². The molecule has 1 aromatic carbocycles. The zero-order chi connectivity index (χ0) is 17.6. The van der Waals surface area contributed by atoms with Gasteiger partial charge in [0.1, 0.15) is 11.3 Å². The number of aliphatic imine (C=N–C) groups is 1. The van der Waals surface area contributed by atoms with Gasteiger partial charge in [-0.3, -0.25) is 4.99 Å². The molecule has 6 nitrogen and oxygen atoms in total. The van der Waals surface area contributed by atoms with E-state index in [0.717, 1.165) is 6.21 Å². The van der Waals surface area contributed by atoms with Crippen LogP contribution in [0.25, 0.3) is 0 Å². The molecule has 0 amide bonds. The van der Waals surface area contributed by atoms with Crippen molar-refractivity contribution in [3.05, 3.63) is 39.1 Å². The molecule has 0 aliphatic heterocycles. The van der Waals surface area contributed by atoms with E-state index in [1.807, 2.05) is 0 Å². The number of nitrogens with zero attached hydrogens (tertiary/aromatic N) is 1. The second kappa shape index (κ2) is 8.55. The van der Waals surface area contributed by atoms with Crippen molar-refractivity contribution in [1.29, 1.82) is 0 Å². The van der Waals surface area contributed by atoms with Crippen molar-refractivity contribution in [2.75, 3.05) is 13.7 Å². The SMILES string of the molecule is CCOC(=O)c1c(Cl)ccc(N=CC(C(=O)OC)=C(C)O)c1Cl. The van der Waals surface area contributed by atoms with Gasteiger partial charge in [0.15, 0.2) is 0 Å². The molecule has 0 spiro atoms. The van der Waals surface area contributed by atoms with Crippen LogP contribution in [0.1, 0.15) is 24.2 Å². The summed E-state index contributed by atoms with van der Waals surface area (Å²) in [6, 6.07) is 2.89. The summed E-state index contributed by atoms with van der Waals surface area (Å²) < 4.78 is 9.41. The molecule has 0 heterocycles. The molecule has 0 saturated carbocycles. The van der Waals surface area contributed by atoms with Crippen LogP contribution in [0.15, 0.2) is 28.5 Å². The molecule has 124 valence electrons. The summed E-state index contributed by atoms with van der Waals surface area (Å²) in [5.41, 5.74) is 0.0205. The number of aliphatic hydroxyl groups excluding tert-OH is 1. The van der Waals surface area contributed by atoms with Crippen LogP contribution in [0.5, 0.6) is 0 Å². The zero-order valence-corrected chi connectivity index (χ0v) is 14.2. The van der Waals surface area contributed by atoms with E-state index in [0.29, 0.717) is 0 Å². The van der Waals surface area contributed by atoms with E-state index in [2.05, 4.69) is 9.73 Å². The number of esters is 2. The van der Waals surface area contributed by atoms with E-state index in [9.17, 15) is 14.7 Å². The van der Waals surface area contributed by atoms with Crippen LogP contribution in [-0.2, 0) is 14.3 Å². The Hall–Kier alpha value is -2.05. The number of methoxy groups -OCH3 is 1. The van der Waals surface area contributed by atoms with Crippen LogP contribution in [0, 0.1) is 0 Å². The maximum absolute atomic E-state index is 11.9. The highest BCUT2D eigenvalue weighted by Crippen LogP contribution is 2.34. The highest BCUT2D eigenvalue weighted by atomic mass is 35.5. The fourth-order valence-corrected chi connectivity index (χ4v) is 2.14. The molecular formula is C15H15Cl2NO5. The first kappa shape index (κ1) is 19.0. The van der Waals surface area contributed by atoms with Crippen LogP contribution >= 0.6 is 23.2 Å². The van der Waals surface area contributed by atoms with Gasteiger partial charge in [-0.05, 0) is 26.0 Å². The van der Waals surface area contributed by atoms with Gasteiger partial charge in [-0.25, -0.2) is 9.59 Å². The highest BCUT2D eigenvalue weighted by molar-refractivity contribution is 6.41. The average Bonchev–Trinajstić information content (AvgIpc) is 2.49. The zero-order valence-electron chi connectivity index (χ0n) is 12.7. The van der Waals surface area contributed by atoms with Crippen molar-refractivity contribution in [3.63, 3.8) is 0 Å². The number of ether oxygens (including phenoxy) is 2. The van der Waals surface area contributed by atoms with E-state index in [1.54, 1.807) is 6.92 Å². The number of halogens is 2. The Bertz CT molecular complexity index is 679. The van der Waals surface area contributed by atoms with Crippen molar-refractivity contribution in [2.45, 2.75) is 13.8 Å². The van der Waals surface area contributed by atoms with E-state index in [-0.39, 0.29) is 39.2 Å². The molecule has 0 radical (unpaired) electrons. The fraction of sp³-hybridized carbons (Fsp3) is 0.267. The smallest absolute Gasteiger partial charge is 0.342 e. The van der Waals surface area contributed by atoms with Gasteiger partial charge in [0.05, 0.1) is 35.0 Å². The number of hydrogen-bond donors (Lipinski definition) is 1. The van der Waals surface area contributed by atoms with E-state index >= 15 is 0 Å². The van der Waals surface area contributed by atoms with Gasteiger partial charge in [0.2, 0.25) is 0 Å². The quantitative estimate of drug-likeness (QED) is 0.373. The number of rotatable bonds is 5. The van der Waals surface area contributed by atoms with Gasteiger partial charge in [0, 0.05) is 6.21 Å². The molecule has 1 rings (SSSR count). The molecule has 0 unspecified atom stereocenters. The first-order chi connectivity index (χ1) is 10.8. The Kier molecular flexibility index (Phi) is 7.06. The molecule has 0 fully saturated rings. The lowest BCUT2D eigenvalue weighted by Crippen LogP contribution is -2.08. The lowest BCUT2D eigenvalue weighted by Gasteiger charge is -2.08. The number of allylic oxidation sites excluding steroid dienone is 1. The van der Waals surface area contributed by atoms with E-state index < -0.39 is 11.9 Å². The molecule has 0 saturated heterocycles. The lowest BCUT2D eigenvalue weighted by molar-refractivity contribution is -0.135. The Morgan fingerprint density at radius 2 is 2.00 bits per heavy atom. The topological polar surface area (TPSA) is 85.2 Å². The maximum Gasteiger partial charge on any atom is 0.342 e. The number of carbonyl (C=O) groups excluding carboxylic acids is 2. The molecule has 23 heavy (non-hydrogen) atoms. The van der Waals surface area contributed by atoms with Gasteiger partial charge in [-0.15, -0.1) is 0 Å².